The zero-order valence-corrected chi connectivity index (χ0v) is 21.0. The highest BCUT2D eigenvalue weighted by atomic mass is 16.6. The number of nitriles is 1. The van der Waals surface area contributed by atoms with Crippen molar-refractivity contribution in [3.8, 4) is 6.07 Å². The fourth-order valence-electron chi connectivity index (χ4n) is 5.11. The van der Waals surface area contributed by atoms with Crippen LogP contribution in [0.1, 0.15) is 46.1 Å². The van der Waals surface area contributed by atoms with Crippen LogP contribution in [0.2, 0.25) is 0 Å². The van der Waals surface area contributed by atoms with Crippen LogP contribution >= 0.6 is 0 Å². The van der Waals surface area contributed by atoms with E-state index in [0.717, 1.165) is 30.7 Å². The summed E-state index contributed by atoms with van der Waals surface area (Å²) in [6.07, 6.45) is 4.38. The van der Waals surface area contributed by atoms with Gasteiger partial charge in [0.15, 0.2) is 0 Å². The molecule has 1 amide bonds. The first kappa shape index (κ1) is 24.9. The number of piperidine rings is 1. The molecule has 2 aliphatic heterocycles. The van der Waals surface area contributed by atoms with Crippen molar-refractivity contribution < 1.29 is 14.3 Å². The van der Waals surface area contributed by atoms with Gasteiger partial charge in [0.2, 0.25) is 0 Å². The van der Waals surface area contributed by atoms with Crippen LogP contribution in [0.25, 0.3) is 11.0 Å². The van der Waals surface area contributed by atoms with Crippen LogP contribution in [0.3, 0.4) is 0 Å². The van der Waals surface area contributed by atoms with Gasteiger partial charge in [-0.2, -0.15) is 5.26 Å². The third-order valence-corrected chi connectivity index (χ3v) is 6.41. The average Bonchev–Trinajstić information content (AvgIpc) is 2.75. The Morgan fingerprint density at radius 3 is 2.54 bits per heavy atom. The molecule has 9 heteroatoms. The summed E-state index contributed by atoms with van der Waals surface area (Å²) in [7, 11) is 0. The molecule has 0 saturated carbocycles. The van der Waals surface area contributed by atoms with E-state index in [2.05, 4.69) is 38.1 Å². The van der Waals surface area contributed by atoms with Crippen LogP contribution in [-0.4, -0.2) is 71.1 Å². The molecule has 0 radical (unpaired) electrons. The Morgan fingerprint density at radius 2 is 1.86 bits per heavy atom. The first-order chi connectivity index (χ1) is 16.6. The summed E-state index contributed by atoms with van der Waals surface area (Å²) < 4.78 is 5.29. The molecule has 2 aromatic rings. The smallest absolute Gasteiger partial charge is 0.407 e. The Bertz CT molecular complexity index is 1130. The number of hydrogen-bond acceptors (Lipinski definition) is 8. The Morgan fingerprint density at radius 1 is 1.14 bits per heavy atom. The molecule has 186 valence electrons. The minimum Gasteiger partial charge on any atom is -0.444 e. The number of carbonyl (C=O) groups excluding carboxylic acids is 2. The van der Waals surface area contributed by atoms with Gasteiger partial charge < -0.3 is 15.0 Å². The van der Waals surface area contributed by atoms with Gasteiger partial charge in [0.05, 0.1) is 23.8 Å². The quantitative estimate of drug-likeness (QED) is 0.674. The largest absolute Gasteiger partial charge is 0.444 e. The maximum absolute atomic E-state index is 12.8. The Kier molecular flexibility index (Phi) is 7.22. The Labute approximate surface area is 206 Å². The van der Waals surface area contributed by atoms with Crippen molar-refractivity contribution in [1.29, 1.82) is 5.26 Å². The maximum atomic E-state index is 12.8. The molecule has 1 aromatic carbocycles. The van der Waals surface area contributed by atoms with Gasteiger partial charge in [0.1, 0.15) is 28.5 Å². The van der Waals surface area contributed by atoms with Gasteiger partial charge in [-0.1, -0.05) is 6.92 Å². The van der Waals surface area contributed by atoms with E-state index in [0.29, 0.717) is 43.1 Å². The molecule has 1 N–H and O–H groups in total. The molecule has 2 aliphatic rings. The SMILES string of the molecule is C[C@H]1C[C@@H](CC(=O)CN2CC(NC(=O)OC(C)(C)C)C2)CN(c2ccc(C#N)c3nccnc23)C1. The van der Waals surface area contributed by atoms with Gasteiger partial charge in [0, 0.05) is 45.0 Å². The third-order valence-electron chi connectivity index (χ3n) is 6.41. The van der Waals surface area contributed by atoms with Crippen LogP contribution < -0.4 is 10.2 Å². The Hall–Kier alpha value is -3.25. The summed E-state index contributed by atoms with van der Waals surface area (Å²) in [5.41, 5.74) is 2.31. The number of rotatable bonds is 6. The van der Waals surface area contributed by atoms with Crippen molar-refractivity contribution in [2.45, 2.75) is 52.2 Å². The van der Waals surface area contributed by atoms with Crippen LogP contribution in [-0.2, 0) is 9.53 Å². The first-order valence-electron chi connectivity index (χ1n) is 12.2. The molecule has 2 fully saturated rings. The lowest BCUT2D eigenvalue weighted by atomic mass is 9.86. The summed E-state index contributed by atoms with van der Waals surface area (Å²) in [6, 6.07) is 5.97. The van der Waals surface area contributed by atoms with E-state index in [1.54, 1.807) is 18.5 Å². The van der Waals surface area contributed by atoms with E-state index in [9.17, 15) is 14.9 Å². The van der Waals surface area contributed by atoms with Crippen molar-refractivity contribution in [2.75, 3.05) is 37.6 Å². The lowest BCUT2D eigenvalue weighted by Crippen LogP contribution is -2.60. The van der Waals surface area contributed by atoms with Crippen molar-refractivity contribution in [1.82, 2.24) is 20.2 Å². The lowest BCUT2D eigenvalue weighted by molar-refractivity contribution is -0.122. The Balaban J connectivity index is 1.31. The second kappa shape index (κ2) is 10.2. The number of aromatic nitrogens is 2. The predicted octanol–water partition coefficient (Wildman–Crippen LogP) is 3.13. The number of nitrogens with one attached hydrogen (secondary N) is 1. The van der Waals surface area contributed by atoms with E-state index >= 15 is 0 Å². The summed E-state index contributed by atoms with van der Waals surface area (Å²) in [5.74, 6) is 0.921. The summed E-state index contributed by atoms with van der Waals surface area (Å²) >= 11 is 0. The monoisotopic (exact) mass is 478 g/mol. The topological polar surface area (TPSA) is 111 Å². The van der Waals surface area contributed by atoms with Crippen molar-refractivity contribution in [3.05, 3.63) is 30.1 Å². The van der Waals surface area contributed by atoms with Gasteiger partial charge in [-0.15, -0.1) is 0 Å². The van der Waals surface area contributed by atoms with Crippen molar-refractivity contribution in [3.63, 3.8) is 0 Å². The molecule has 4 rings (SSSR count). The fraction of sp³-hybridized carbons (Fsp3) is 0.577. The molecule has 35 heavy (non-hydrogen) atoms. The van der Waals surface area contributed by atoms with E-state index in [1.807, 2.05) is 26.8 Å². The number of ketones is 1. The summed E-state index contributed by atoms with van der Waals surface area (Å²) in [5, 5.41) is 12.3. The molecule has 3 heterocycles. The van der Waals surface area contributed by atoms with E-state index < -0.39 is 11.7 Å². The summed E-state index contributed by atoms with van der Waals surface area (Å²) in [4.78, 5) is 38.0. The number of ether oxygens (including phenoxy) is 1. The van der Waals surface area contributed by atoms with Crippen molar-refractivity contribution in [2.24, 2.45) is 11.8 Å². The first-order valence-corrected chi connectivity index (χ1v) is 12.2. The number of benzene rings is 1. The number of alkyl carbamates (subject to hydrolysis) is 1. The zero-order chi connectivity index (χ0) is 25.2. The minimum absolute atomic E-state index is 0.0219. The molecule has 0 bridgehead atoms. The van der Waals surface area contributed by atoms with E-state index in [1.165, 1.54) is 0 Å². The molecule has 0 spiro atoms. The van der Waals surface area contributed by atoms with Gasteiger partial charge in [-0.05, 0) is 51.2 Å². The van der Waals surface area contributed by atoms with E-state index in [4.69, 9.17) is 4.74 Å². The van der Waals surface area contributed by atoms with Crippen molar-refractivity contribution >= 4 is 28.6 Å². The minimum atomic E-state index is -0.523. The molecule has 2 atom stereocenters. The van der Waals surface area contributed by atoms with Crippen LogP contribution in [0.5, 0.6) is 0 Å². The number of amides is 1. The highest BCUT2D eigenvalue weighted by molar-refractivity contribution is 5.92. The lowest BCUT2D eigenvalue weighted by Gasteiger charge is -2.40. The number of Topliss-reactive ketones (excluding diaryl/α,β-unsaturated/α-hetero) is 1. The molecule has 2 saturated heterocycles. The van der Waals surface area contributed by atoms with Gasteiger partial charge in [0.25, 0.3) is 0 Å². The molecule has 0 unspecified atom stereocenters. The standard InChI is InChI=1S/C26H34N6O3/c1-17-9-18(10-21(33)16-31-14-20(15-31)30-25(34)35-26(2,3)4)13-32(12-17)22-6-5-19(11-27)23-24(22)29-8-7-28-23/h5-8,17-18,20H,9-10,12-16H2,1-4H3,(H,30,34)/t17-,18-/m0/s1. The van der Waals surface area contributed by atoms with Gasteiger partial charge in [-0.3, -0.25) is 19.7 Å². The van der Waals surface area contributed by atoms with E-state index in [-0.39, 0.29) is 17.7 Å². The number of carbonyl (C=O) groups is 2. The van der Waals surface area contributed by atoms with Crippen LogP contribution in [0, 0.1) is 23.2 Å². The normalized spacial score (nSPS) is 21.3. The number of likely N-dealkylation sites (tertiary alicyclic amines) is 1. The number of hydrogen-bond donors (Lipinski definition) is 1. The third kappa shape index (κ3) is 6.25. The second-order valence-electron chi connectivity index (χ2n) is 10.9. The molecule has 1 aromatic heterocycles. The second-order valence-corrected chi connectivity index (χ2v) is 10.9. The van der Waals surface area contributed by atoms with Gasteiger partial charge in [-0.25, -0.2) is 4.79 Å². The molecule has 9 nitrogen and oxygen atoms in total. The highest BCUT2D eigenvalue weighted by Gasteiger charge is 2.33. The molecular formula is C26H34N6O3. The maximum Gasteiger partial charge on any atom is 0.407 e. The summed E-state index contributed by atoms with van der Waals surface area (Å²) in [6.45, 7) is 11.1. The highest BCUT2D eigenvalue weighted by Crippen LogP contribution is 2.33. The molecule has 0 aliphatic carbocycles. The number of nitrogens with zero attached hydrogens (tertiary/aromatic N) is 5. The number of anilines is 1. The van der Waals surface area contributed by atoms with Crippen LogP contribution in [0.4, 0.5) is 10.5 Å². The fourth-order valence-corrected chi connectivity index (χ4v) is 5.11. The number of fused-ring (bicyclic) bond motifs is 1. The van der Waals surface area contributed by atoms with Crippen LogP contribution in [0.15, 0.2) is 24.5 Å². The molecular weight excluding hydrogens is 444 g/mol. The van der Waals surface area contributed by atoms with Gasteiger partial charge >= 0.3 is 6.09 Å². The zero-order valence-electron chi connectivity index (χ0n) is 21.0. The average molecular weight is 479 g/mol. The predicted molar refractivity (Wildman–Crippen MR) is 133 cm³/mol.